The first-order valence-corrected chi connectivity index (χ1v) is 5.62. The molecular weight excluding hydrogens is 260 g/mol. The van der Waals surface area contributed by atoms with E-state index >= 15 is 0 Å². The quantitative estimate of drug-likeness (QED) is 0.512. The van der Waals surface area contributed by atoms with Crippen LogP contribution in [-0.4, -0.2) is 26.9 Å². The van der Waals surface area contributed by atoms with Crippen LogP contribution in [0, 0.1) is 22.5 Å². The summed E-state index contributed by atoms with van der Waals surface area (Å²) in [5.74, 6) is 1.81. The molecule has 2 aromatic rings. The number of rotatable bonds is 4. The Morgan fingerprint density at radius 1 is 1.55 bits per heavy atom. The van der Waals surface area contributed by atoms with Crippen molar-refractivity contribution in [2.45, 2.75) is 0 Å². The molecule has 0 aliphatic carbocycles. The lowest BCUT2D eigenvalue weighted by atomic mass is 10.1. The molecule has 0 saturated carbocycles. The first-order valence-electron chi connectivity index (χ1n) is 5.62. The summed E-state index contributed by atoms with van der Waals surface area (Å²) < 4.78 is 1.50. The molecule has 0 atom stereocenters. The number of nitrogens with one attached hydrogen (secondary N) is 1. The molecule has 0 bridgehead atoms. The number of nitrogens with zero attached hydrogens (tertiary/aromatic N) is 3. The summed E-state index contributed by atoms with van der Waals surface area (Å²) in [5, 5.41) is 13.6. The van der Waals surface area contributed by atoms with Gasteiger partial charge in [0.15, 0.2) is 0 Å². The van der Waals surface area contributed by atoms with Crippen molar-refractivity contribution in [3.63, 3.8) is 0 Å². The molecule has 0 saturated heterocycles. The largest absolute Gasteiger partial charge is 0.341 e. The molecule has 1 amide bonds. The van der Waals surface area contributed by atoms with Gasteiger partial charge in [0.25, 0.3) is 11.6 Å². The van der Waals surface area contributed by atoms with Crippen LogP contribution in [0.1, 0.15) is 10.4 Å². The summed E-state index contributed by atoms with van der Waals surface area (Å²) >= 11 is 0. The molecule has 0 radical (unpaired) electrons. The Kier molecular flexibility index (Phi) is 3.77. The Labute approximate surface area is 114 Å². The second kappa shape index (κ2) is 5.67. The fourth-order valence-corrected chi connectivity index (χ4v) is 1.66. The van der Waals surface area contributed by atoms with Gasteiger partial charge in [-0.1, -0.05) is 5.92 Å². The van der Waals surface area contributed by atoms with Gasteiger partial charge in [0.1, 0.15) is 5.69 Å². The van der Waals surface area contributed by atoms with Crippen LogP contribution < -0.4 is 5.32 Å². The van der Waals surface area contributed by atoms with E-state index in [2.05, 4.69) is 16.2 Å². The predicted octanol–water partition coefficient (Wildman–Crippen LogP) is 1.14. The number of aromatic nitrogens is 2. The molecule has 0 aliphatic rings. The molecule has 0 spiro atoms. The van der Waals surface area contributed by atoms with Crippen LogP contribution in [-0.2, 0) is 0 Å². The third-order valence-electron chi connectivity index (χ3n) is 2.57. The first kappa shape index (κ1) is 13.3. The van der Waals surface area contributed by atoms with Gasteiger partial charge >= 0.3 is 0 Å². The SMILES string of the molecule is C#CCNC(=O)c1ccc(-n2ccnc2)c([N+](=O)[O-])c1. The van der Waals surface area contributed by atoms with Gasteiger partial charge in [0, 0.05) is 24.0 Å². The van der Waals surface area contributed by atoms with E-state index in [4.69, 9.17) is 6.42 Å². The number of hydrogen-bond donors (Lipinski definition) is 1. The second-order valence-electron chi connectivity index (χ2n) is 3.82. The maximum absolute atomic E-state index is 11.7. The molecule has 7 heteroatoms. The fraction of sp³-hybridized carbons (Fsp3) is 0.0769. The highest BCUT2D eigenvalue weighted by Crippen LogP contribution is 2.24. The highest BCUT2D eigenvalue weighted by Gasteiger charge is 2.18. The van der Waals surface area contributed by atoms with Crippen molar-refractivity contribution < 1.29 is 9.72 Å². The molecule has 2 rings (SSSR count). The number of terminal acetylenes is 1. The Morgan fingerprint density at radius 2 is 2.35 bits per heavy atom. The average Bonchev–Trinajstić information content (AvgIpc) is 2.98. The van der Waals surface area contributed by atoms with Gasteiger partial charge in [0.2, 0.25) is 0 Å². The molecule has 20 heavy (non-hydrogen) atoms. The van der Waals surface area contributed by atoms with E-state index < -0.39 is 10.8 Å². The minimum Gasteiger partial charge on any atom is -0.341 e. The summed E-state index contributed by atoms with van der Waals surface area (Å²) in [4.78, 5) is 26.1. The third kappa shape index (κ3) is 2.64. The van der Waals surface area contributed by atoms with Gasteiger partial charge in [-0.05, 0) is 12.1 Å². The molecule has 0 aliphatic heterocycles. The number of hydrogen-bond acceptors (Lipinski definition) is 4. The Hall–Kier alpha value is -3.14. The van der Waals surface area contributed by atoms with E-state index in [-0.39, 0.29) is 17.8 Å². The summed E-state index contributed by atoms with van der Waals surface area (Å²) in [6.07, 6.45) is 9.58. The highest BCUT2D eigenvalue weighted by atomic mass is 16.6. The summed E-state index contributed by atoms with van der Waals surface area (Å²) in [7, 11) is 0. The van der Waals surface area contributed by atoms with Crippen LogP contribution in [0.2, 0.25) is 0 Å². The van der Waals surface area contributed by atoms with Crippen LogP contribution in [0.15, 0.2) is 36.9 Å². The van der Waals surface area contributed by atoms with Crippen molar-refractivity contribution in [1.29, 1.82) is 0 Å². The maximum atomic E-state index is 11.7. The number of imidazole rings is 1. The first-order chi connectivity index (χ1) is 9.63. The van der Waals surface area contributed by atoms with Crippen molar-refractivity contribution in [2.24, 2.45) is 0 Å². The molecule has 1 aromatic carbocycles. The van der Waals surface area contributed by atoms with Crippen LogP contribution in [0.5, 0.6) is 0 Å². The third-order valence-corrected chi connectivity index (χ3v) is 2.57. The molecule has 100 valence electrons. The molecule has 1 heterocycles. The minimum atomic E-state index is -0.548. The van der Waals surface area contributed by atoms with E-state index in [1.807, 2.05) is 0 Å². The van der Waals surface area contributed by atoms with E-state index in [1.54, 1.807) is 6.20 Å². The van der Waals surface area contributed by atoms with Gasteiger partial charge in [-0.2, -0.15) is 0 Å². The second-order valence-corrected chi connectivity index (χ2v) is 3.82. The van der Waals surface area contributed by atoms with Crippen molar-refractivity contribution in [1.82, 2.24) is 14.9 Å². The van der Waals surface area contributed by atoms with Gasteiger partial charge in [-0.3, -0.25) is 14.9 Å². The van der Waals surface area contributed by atoms with E-state index in [9.17, 15) is 14.9 Å². The standard InChI is InChI=1S/C13H10N4O3/c1-2-5-15-13(18)10-3-4-11(12(8-10)17(19)20)16-7-6-14-9-16/h1,3-4,6-9H,5H2,(H,15,18). The Morgan fingerprint density at radius 3 is 2.95 bits per heavy atom. The minimum absolute atomic E-state index is 0.0654. The van der Waals surface area contributed by atoms with Gasteiger partial charge in [-0.25, -0.2) is 4.98 Å². The molecular formula is C13H10N4O3. The van der Waals surface area contributed by atoms with E-state index in [0.717, 1.165) is 0 Å². The maximum Gasteiger partial charge on any atom is 0.294 e. The van der Waals surface area contributed by atoms with Gasteiger partial charge in [0.05, 0.1) is 17.8 Å². The molecule has 7 nitrogen and oxygen atoms in total. The molecule has 0 unspecified atom stereocenters. The zero-order valence-corrected chi connectivity index (χ0v) is 10.3. The normalized spacial score (nSPS) is 9.75. The zero-order chi connectivity index (χ0) is 14.5. The number of benzene rings is 1. The molecule has 0 fully saturated rings. The lowest BCUT2D eigenvalue weighted by molar-refractivity contribution is -0.384. The van der Waals surface area contributed by atoms with Crippen molar-refractivity contribution in [3.05, 3.63) is 52.6 Å². The fourth-order valence-electron chi connectivity index (χ4n) is 1.66. The Balaban J connectivity index is 2.41. The lowest BCUT2D eigenvalue weighted by Gasteiger charge is -2.06. The number of carbonyl (C=O) groups excluding carboxylic acids is 1. The van der Waals surface area contributed by atoms with E-state index in [1.165, 1.54) is 35.3 Å². The number of nitro benzene ring substituents is 1. The molecule has 1 aromatic heterocycles. The van der Waals surface area contributed by atoms with E-state index in [0.29, 0.717) is 5.69 Å². The summed E-state index contributed by atoms with van der Waals surface area (Å²) in [5.41, 5.74) is 0.327. The summed E-state index contributed by atoms with van der Waals surface area (Å²) in [6, 6.07) is 4.19. The predicted molar refractivity (Wildman–Crippen MR) is 71.4 cm³/mol. The van der Waals surface area contributed by atoms with Gasteiger partial charge < -0.3 is 9.88 Å². The summed E-state index contributed by atoms with van der Waals surface area (Å²) in [6.45, 7) is 0.0654. The topological polar surface area (TPSA) is 90.1 Å². The monoisotopic (exact) mass is 270 g/mol. The van der Waals surface area contributed by atoms with Crippen molar-refractivity contribution >= 4 is 11.6 Å². The Bertz CT molecular complexity index is 686. The number of amides is 1. The lowest BCUT2D eigenvalue weighted by Crippen LogP contribution is -2.23. The van der Waals surface area contributed by atoms with Crippen molar-refractivity contribution in [2.75, 3.05) is 6.54 Å². The highest BCUT2D eigenvalue weighted by molar-refractivity contribution is 5.95. The number of carbonyl (C=O) groups is 1. The number of nitro groups is 1. The smallest absolute Gasteiger partial charge is 0.294 e. The molecule has 1 N–H and O–H groups in total. The van der Waals surface area contributed by atoms with Crippen LogP contribution in [0.4, 0.5) is 5.69 Å². The van der Waals surface area contributed by atoms with Crippen molar-refractivity contribution in [3.8, 4) is 18.0 Å². The zero-order valence-electron chi connectivity index (χ0n) is 10.3. The van der Waals surface area contributed by atoms with Gasteiger partial charge in [-0.15, -0.1) is 6.42 Å². The van der Waals surface area contributed by atoms with Crippen LogP contribution in [0.25, 0.3) is 5.69 Å². The average molecular weight is 270 g/mol. The van der Waals surface area contributed by atoms with Crippen LogP contribution >= 0.6 is 0 Å². The van der Waals surface area contributed by atoms with Crippen LogP contribution in [0.3, 0.4) is 0 Å².